The molecule has 2 aromatic carbocycles. The molecule has 0 saturated carbocycles. The smallest absolute Gasteiger partial charge is 0.339 e. The summed E-state index contributed by atoms with van der Waals surface area (Å²) in [6, 6.07) is 15.4. The number of hydrazone groups is 1. The number of hydrogen-bond donors (Lipinski definition) is 1. The van der Waals surface area contributed by atoms with Gasteiger partial charge in [-0.15, -0.1) is 0 Å². The fourth-order valence-electron chi connectivity index (χ4n) is 4.70. The third-order valence-electron chi connectivity index (χ3n) is 6.83. The minimum atomic E-state index is -3.98. The van der Waals surface area contributed by atoms with E-state index in [9.17, 15) is 8.42 Å². The van der Waals surface area contributed by atoms with Crippen molar-refractivity contribution in [1.29, 1.82) is 0 Å². The van der Waals surface area contributed by atoms with Crippen molar-refractivity contribution < 1.29 is 12.6 Å². The molecular weight excluding hydrogens is 500 g/mol. The Labute approximate surface area is 224 Å². The number of piperidine rings is 2. The van der Waals surface area contributed by atoms with Crippen LogP contribution in [0.4, 0.5) is 17.6 Å². The maximum absolute atomic E-state index is 12.8. The van der Waals surface area contributed by atoms with Crippen molar-refractivity contribution in [3.63, 3.8) is 0 Å². The highest BCUT2D eigenvalue weighted by Crippen LogP contribution is 2.26. The number of rotatable bonds is 8. The molecule has 2 saturated heterocycles. The minimum Gasteiger partial charge on any atom is -0.378 e. The SMILES string of the molecule is Cc1ccc(S(=O)(=O)Oc2ccccc2/C=N\Nc2cc(N3CCCCC3)nc(N3CCCCC3)n2)cc1. The summed E-state index contributed by atoms with van der Waals surface area (Å²) < 4.78 is 31.1. The predicted octanol–water partition coefficient (Wildman–Crippen LogP) is 4.98. The third kappa shape index (κ3) is 6.42. The van der Waals surface area contributed by atoms with Crippen LogP contribution in [0.15, 0.2) is 64.6 Å². The highest BCUT2D eigenvalue weighted by Gasteiger charge is 2.20. The lowest BCUT2D eigenvalue weighted by Gasteiger charge is -2.31. The summed E-state index contributed by atoms with van der Waals surface area (Å²) in [5.74, 6) is 2.43. The van der Waals surface area contributed by atoms with E-state index in [1.54, 1.807) is 42.6 Å². The number of aryl methyl sites for hydroxylation is 1. The second-order valence-corrected chi connectivity index (χ2v) is 11.3. The van der Waals surface area contributed by atoms with Crippen molar-refractivity contribution in [2.24, 2.45) is 5.10 Å². The van der Waals surface area contributed by atoms with Gasteiger partial charge in [0.15, 0.2) is 11.6 Å². The van der Waals surface area contributed by atoms with Gasteiger partial charge in [-0.05, 0) is 69.7 Å². The van der Waals surface area contributed by atoms with Crippen LogP contribution in [0.3, 0.4) is 0 Å². The maximum atomic E-state index is 12.8. The zero-order valence-electron chi connectivity index (χ0n) is 21.7. The van der Waals surface area contributed by atoms with E-state index in [4.69, 9.17) is 14.2 Å². The average Bonchev–Trinajstić information content (AvgIpc) is 2.95. The molecule has 1 aromatic heterocycles. The first-order chi connectivity index (χ1) is 18.5. The van der Waals surface area contributed by atoms with Gasteiger partial charge in [0.2, 0.25) is 5.95 Å². The number of benzene rings is 2. The summed E-state index contributed by atoms with van der Waals surface area (Å²) in [7, 11) is -3.98. The Morgan fingerprint density at radius 1 is 0.868 bits per heavy atom. The van der Waals surface area contributed by atoms with Gasteiger partial charge in [-0.1, -0.05) is 29.8 Å². The zero-order chi connectivity index (χ0) is 26.4. The van der Waals surface area contributed by atoms with E-state index < -0.39 is 10.1 Å². The first-order valence-electron chi connectivity index (χ1n) is 13.3. The van der Waals surface area contributed by atoms with Crippen molar-refractivity contribution in [3.05, 3.63) is 65.7 Å². The summed E-state index contributed by atoms with van der Waals surface area (Å²) in [4.78, 5) is 14.3. The molecule has 0 spiro atoms. The summed E-state index contributed by atoms with van der Waals surface area (Å²) in [5.41, 5.74) is 4.54. The quantitative estimate of drug-likeness (QED) is 0.245. The molecule has 2 aliphatic heterocycles. The third-order valence-corrected chi connectivity index (χ3v) is 8.08. The monoisotopic (exact) mass is 534 g/mol. The highest BCUT2D eigenvalue weighted by atomic mass is 32.2. The van der Waals surface area contributed by atoms with Crippen LogP contribution in [0.2, 0.25) is 0 Å². The minimum absolute atomic E-state index is 0.101. The first kappa shape index (κ1) is 26.0. The average molecular weight is 535 g/mol. The molecule has 2 aliphatic rings. The van der Waals surface area contributed by atoms with Crippen LogP contribution in [-0.4, -0.2) is 50.8 Å². The number of anilines is 3. The second kappa shape index (κ2) is 11.8. The van der Waals surface area contributed by atoms with Crippen molar-refractivity contribution in [3.8, 4) is 5.75 Å². The molecule has 0 aliphatic carbocycles. The molecule has 0 unspecified atom stereocenters. The Morgan fingerprint density at radius 2 is 1.53 bits per heavy atom. The Bertz CT molecular complexity index is 1330. The van der Waals surface area contributed by atoms with Gasteiger partial charge in [0, 0.05) is 37.8 Å². The lowest BCUT2D eigenvalue weighted by atomic mass is 10.1. The number of nitrogens with one attached hydrogen (secondary N) is 1. The Morgan fingerprint density at radius 3 is 2.24 bits per heavy atom. The molecule has 1 N–H and O–H groups in total. The van der Waals surface area contributed by atoms with E-state index in [2.05, 4.69) is 20.3 Å². The van der Waals surface area contributed by atoms with E-state index >= 15 is 0 Å². The lowest BCUT2D eigenvalue weighted by Crippen LogP contribution is -2.33. The van der Waals surface area contributed by atoms with Crippen LogP contribution in [0, 0.1) is 6.92 Å². The molecule has 9 nitrogen and oxygen atoms in total. The van der Waals surface area contributed by atoms with E-state index in [0.29, 0.717) is 11.4 Å². The van der Waals surface area contributed by atoms with Crippen LogP contribution >= 0.6 is 0 Å². The Balaban J connectivity index is 1.36. The van der Waals surface area contributed by atoms with Crippen LogP contribution in [-0.2, 0) is 10.1 Å². The van der Waals surface area contributed by atoms with Crippen LogP contribution in [0.5, 0.6) is 5.75 Å². The van der Waals surface area contributed by atoms with Gasteiger partial charge in [0.1, 0.15) is 10.7 Å². The molecule has 3 heterocycles. The molecule has 0 atom stereocenters. The summed E-state index contributed by atoms with van der Waals surface area (Å²) in [5, 5.41) is 4.38. The summed E-state index contributed by atoms with van der Waals surface area (Å²) in [6.07, 6.45) is 8.62. The van der Waals surface area contributed by atoms with Crippen LogP contribution in [0.1, 0.15) is 49.7 Å². The molecule has 2 fully saturated rings. The molecule has 0 radical (unpaired) electrons. The first-order valence-corrected chi connectivity index (χ1v) is 14.7. The molecular formula is C28H34N6O3S. The van der Waals surface area contributed by atoms with E-state index in [1.165, 1.54) is 25.0 Å². The van der Waals surface area contributed by atoms with Crippen LogP contribution in [0.25, 0.3) is 0 Å². The number of para-hydroxylation sites is 1. The summed E-state index contributed by atoms with van der Waals surface area (Å²) >= 11 is 0. The molecule has 0 amide bonds. The van der Waals surface area contributed by atoms with Gasteiger partial charge in [-0.25, -0.2) is 0 Å². The van der Waals surface area contributed by atoms with E-state index in [0.717, 1.165) is 69.2 Å². The van der Waals surface area contributed by atoms with Gasteiger partial charge >= 0.3 is 10.1 Å². The second-order valence-electron chi connectivity index (χ2n) is 9.77. The largest absolute Gasteiger partial charge is 0.378 e. The van der Waals surface area contributed by atoms with Crippen molar-refractivity contribution in [2.75, 3.05) is 41.4 Å². The lowest BCUT2D eigenvalue weighted by molar-refractivity contribution is 0.485. The fraction of sp³-hybridized carbons (Fsp3) is 0.393. The normalized spacial score (nSPS) is 16.6. The number of nitrogens with zero attached hydrogens (tertiary/aromatic N) is 5. The van der Waals surface area contributed by atoms with Gasteiger partial charge in [-0.3, -0.25) is 5.43 Å². The van der Waals surface area contributed by atoms with Gasteiger partial charge in [-0.2, -0.15) is 23.5 Å². The molecule has 3 aromatic rings. The summed E-state index contributed by atoms with van der Waals surface area (Å²) in [6.45, 7) is 5.77. The van der Waals surface area contributed by atoms with Crippen molar-refractivity contribution >= 4 is 33.9 Å². The molecule has 200 valence electrons. The van der Waals surface area contributed by atoms with Gasteiger partial charge in [0.25, 0.3) is 0 Å². The van der Waals surface area contributed by atoms with E-state index in [-0.39, 0.29) is 10.6 Å². The topological polar surface area (TPSA) is 100 Å². The van der Waals surface area contributed by atoms with Gasteiger partial charge < -0.3 is 14.0 Å². The van der Waals surface area contributed by atoms with Crippen molar-refractivity contribution in [2.45, 2.75) is 50.3 Å². The molecule has 0 bridgehead atoms. The highest BCUT2D eigenvalue weighted by molar-refractivity contribution is 7.87. The maximum Gasteiger partial charge on any atom is 0.339 e. The number of hydrogen-bond acceptors (Lipinski definition) is 9. The number of aromatic nitrogens is 2. The fourth-order valence-corrected chi connectivity index (χ4v) is 5.66. The standard InChI is InChI=1S/C28H34N6O3S/c1-22-12-14-24(15-13-22)38(35,36)37-25-11-5-4-10-23(25)21-29-32-26-20-27(33-16-6-2-7-17-33)31-28(30-26)34-18-8-3-9-19-34/h4-5,10-15,20-21H,2-3,6-9,16-19H2,1H3,(H,30,31,32)/b29-21-. The van der Waals surface area contributed by atoms with Crippen molar-refractivity contribution in [1.82, 2.24) is 9.97 Å². The van der Waals surface area contributed by atoms with Gasteiger partial charge in [0.05, 0.1) is 6.21 Å². The molecule has 10 heteroatoms. The molecule has 38 heavy (non-hydrogen) atoms. The predicted molar refractivity (Wildman–Crippen MR) is 151 cm³/mol. The van der Waals surface area contributed by atoms with E-state index in [1.807, 2.05) is 13.0 Å². The van der Waals surface area contributed by atoms with Crippen LogP contribution < -0.4 is 19.4 Å². The Kier molecular flexibility index (Phi) is 8.07. The zero-order valence-corrected chi connectivity index (χ0v) is 22.5. The Hall–Kier alpha value is -3.66. The molecule has 5 rings (SSSR count).